The molecule has 5 heteroatoms. The van der Waals surface area contributed by atoms with Crippen molar-refractivity contribution in [3.05, 3.63) is 24.7 Å². The number of unbranched alkanes of at least 4 members (excludes halogenated alkanes) is 2. The molecule has 0 aliphatic rings. The minimum Gasteiger partial charge on any atom is -0.368 e. The highest BCUT2D eigenvalue weighted by atomic mass is 32.2. The third-order valence-electron chi connectivity index (χ3n) is 2.64. The van der Waals surface area contributed by atoms with E-state index in [2.05, 4.69) is 21.7 Å². The Kier molecular flexibility index (Phi) is 4.67. The van der Waals surface area contributed by atoms with Gasteiger partial charge in [-0.1, -0.05) is 6.42 Å². The number of hydrogen-bond acceptors (Lipinski definition) is 4. The van der Waals surface area contributed by atoms with Crippen molar-refractivity contribution >= 4 is 23.1 Å². The first kappa shape index (κ1) is 12.2. The summed E-state index contributed by atoms with van der Waals surface area (Å²) in [6.45, 7) is 0.978. The lowest BCUT2D eigenvalue weighted by Gasteiger charge is -2.06. The summed E-state index contributed by atoms with van der Waals surface area (Å²) >= 11 is 1.91. The van der Waals surface area contributed by atoms with Crippen LogP contribution in [0.3, 0.4) is 0 Å². The number of anilines is 1. The van der Waals surface area contributed by atoms with E-state index in [1.807, 2.05) is 28.5 Å². The Labute approximate surface area is 106 Å². The Morgan fingerprint density at radius 2 is 2.24 bits per heavy atom. The standard InChI is InChI=1S/C12H18N4S/c1-17-10-4-2-3-6-13-12-11-5-7-15-16(11)9-8-14-12/h5,7-9H,2-4,6,10H2,1H3,(H,13,14). The smallest absolute Gasteiger partial charge is 0.152 e. The van der Waals surface area contributed by atoms with Crippen LogP contribution in [0, 0.1) is 0 Å². The normalized spacial score (nSPS) is 10.9. The van der Waals surface area contributed by atoms with E-state index in [-0.39, 0.29) is 0 Å². The lowest BCUT2D eigenvalue weighted by Crippen LogP contribution is -2.05. The Balaban J connectivity index is 1.80. The van der Waals surface area contributed by atoms with Crippen molar-refractivity contribution in [1.29, 1.82) is 0 Å². The predicted molar refractivity (Wildman–Crippen MR) is 73.7 cm³/mol. The number of aromatic nitrogens is 3. The van der Waals surface area contributed by atoms with Crippen LogP contribution in [0.2, 0.25) is 0 Å². The topological polar surface area (TPSA) is 42.2 Å². The van der Waals surface area contributed by atoms with E-state index >= 15 is 0 Å². The highest BCUT2D eigenvalue weighted by Crippen LogP contribution is 2.12. The second-order valence-corrected chi connectivity index (χ2v) is 4.90. The molecule has 0 spiro atoms. The molecule has 17 heavy (non-hydrogen) atoms. The Hall–Kier alpha value is -1.23. The third kappa shape index (κ3) is 3.36. The van der Waals surface area contributed by atoms with Gasteiger partial charge in [0.15, 0.2) is 5.82 Å². The van der Waals surface area contributed by atoms with Gasteiger partial charge in [-0.05, 0) is 30.9 Å². The zero-order chi connectivity index (χ0) is 11.9. The summed E-state index contributed by atoms with van der Waals surface area (Å²) in [4.78, 5) is 4.34. The molecule has 4 nitrogen and oxygen atoms in total. The first-order valence-corrected chi connectivity index (χ1v) is 7.32. The first-order chi connectivity index (χ1) is 8.42. The molecule has 2 rings (SSSR count). The van der Waals surface area contributed by atoms with Crippen LogP contribution in [-0.2, 0) is 0 Å². The molecule has 0 amide bonds. The number of rotatable bonds is 7. The summed E-state index contributed by atoms with van der Waals surface area (Å²) < 4.78 is 1.84. The van der Waals surface area contributed by atoms with Crippen molar-refractivity contribution in [2.45, 2.75) is 19.3 Å². The summed E-state index contributed by atoms with van der Waals surface area (Å²) in [7, 11) is 0. The fraction of sp³-hybridized carbons (Fsp3) is 0.500. The summed E-state index contributed by atoms with van der Waals surface area (Å²) in [5.41, 5.74) is 1.04. The van der Waals surface area contributed by atoms with Gasteiger partial charge in [-0.2, -0.15) is 16.9 Å². The summed E-state index contributed by atoms with van der Waals surface area (Å²) in [6.07, 6.45) is 11.3. The molecule has 2 aromatic rings. The Morgan fingerprint density at radius 1 is 1.29 bits per heavy atom. The van der Waals surface area contributed by atoms with Crippen molar-refractivity contribution in [3.63, 3.8) is 0 Å². The number of thioether (sulfide) groups is 1. The zero-order valence-electron chi connectivity index (χ0n) is 10.1. The first-order valence-electron chi connectivity index (χ1n) is 5.93. The molecule has 0 aliphatic carbocycles. The molecule has 0 radical (unpaired) electrons. The minimum absolute atomic E-state index is 0.926. The van der Waals surface area contributed by atoms with Crippen LogP contribution in [0.5, 0.6) is 0 Å². The fourth-order valence-electron chi connectivity index (χ4n) is 1.75. The van der Waals surface area contributed by atoms with E-state index in [9.17, 15) is 0 Å². The number of fused-ring (bicyclic) bond motifs is 1. The maximum Gasteiger partial charge on any atom is 0.152 e. The van der Waals surface area contributed by atoms with Gasteiger partial charge in [0.2, 0.25) is 0 Å². The van der Waals surface area contributed by atoms with E-state index in [1.165, 1.54) is 25.0 Å². The Morgan fingerprint density at radius 3 is 3.12 bits per heavy atom. The van der Waals surface area contributed by atoms with Gasteiger partial charge in [-0.15, -0.1) is 0 Å². The van der Waals surface area contributed by atoms with Gasteiger partial charge in [-0.25, -0.2) is 9.50 Å². The molecule has 0 saturated heterocycles. The molecule has 0 unspecified atom stereocenters. The predicted octanol–water partition coefficient (Wildman–Crippen LogP) is 2.67. The van der Waals surface area contributed by atoms with Gasteiger partial charge >= 0.3 is 0 Å². The highest BCUT2D eigenvalue weighted by Gasteiger charge is 2.01. The molecule has 0 aromatic carbocycles. The molecule has 2 heterocycles. The number of nitrogens with one attached hydrogen (secondary N) is 1. The summed E-state index contributed by atoms with van der Waals surface area (Å²) in [5.74, 6) is 2.19. The lowest BCUT2D eigenvalue weighted by molar-refractivity contribution is 0.748. The summed E-state index contributed by atoms with van der Waals surface area (Å²) in [6, 6.07) is 1.98. The van der Waals surface area contributed by atoms with Gasteiger partial charge in [0.25, 0.3) is 0 Å². The molecule has 92 valence electrons. The molecular formula is C12H18N4S. The molecule has 0 atom stereocenters. The average molecular weight is 250 g/mol. The number of hydrogen-bond donors (Lipinski definition) is 1. The monoisotopic (exact) mass is 250 g/mol. The average Bonchev–Trinajstić information content (AvgIpc) is 2.82. The van der Waals surface area contributed by atoms with Crippen LogP contribution < -0.4 is 5.32 Å². The van der Waals surface area contributed by atoms with E-state index in [0.717, 1.165) is 17.9 Å². The van der Waals surface area contributed by atoms with Crippen LogP contribution in [0.25, 0.3) is 5.52 Å². The van der Waals surface area contributed by atoms with Crippen LogP contribution in [-0.4, -0.2) is 33.2 Å². The van der Waals surface area contributed by atoms with Gasteiger partial charge in [0.1, 0.15) is 5.52 Å². The summed E-state index contributed by atoms with van der Waals surface area (Å²) in [5, 5.41) is 7.55. The second-order valence-electron chi connectivity index (χ2n) is 3.92. The molecular weight excluding hydrogens is 232 g/mol. The fourth-order valence-corrected chi connectivity index (χ4v) is 2.24. The zero-order valence-corrected chi connectivity index (χ0v) is 10.9. The largest absolute Gasteiger partial charge is 0.368 e. The maximum absolute atomic E-state index is 4.34. The van der Waals surface area contributed by atoms with Crippen molar-refractivity contribution in [3.8, 4) is 0 Å². The van der Waals surface area contributed by atoms with Crippen LogP contribution in [0.1, 0.15) is 19.3 Å². The lowest BCUT2D eigenvalue weighted by atomic mass is 10.2. The third-order valence-corrected chi connectivity index (χ3v) is 3.34. The van der Waals surface area contributed by atoms with Gasteiger partial charge in [0.05, 0.1) is 6.20 Å². The van der Waals surface area contributed by atoms with E-state index < -0.39 is 0 Å². The molecule has 0 aliphatic heterocycles. The molecule has 0 saturated carbocycles. The quantitative estimate of drug-likeness (QED) is 0.767. The van der Waals surface area contributed by atoms with Crippen LogP contribution in [0.15, 0.2) is 24.7 Å². The number of nitrogens with zero attached hydrogens (tertiary/aromatic N) is 3. The van der Waals surface area contributed by atoms with Gasteiger partial charge < -0.3 is 5.32 Å². The van der Waals surface area contributed by atoms with Gasteiger partial charge in [0, 0.05) is 18.9 Å². The maximum atomic E-state index is 4.34. The second kappa shape index (κ2) is 6.49. The van der Waals surface area contributed by atoms with Gasteiger partial charge in [-0.3, -0.25) is 0 Å². The van der Waals surface area contributed by atoms with Crippen LogP contribution >= 0.6 is 11.8 Å². The molecule has 0 fully saturated rings. The molecule has 0 bridgehead atoms. The van der Waals surface area contributed by atoms with E-state index in [4.69, 9.17) is 0 Å². The van der Waals surface area contributed by atoms with Crippen molar-refractivity contribution < 1.29 is 0 Å². The Bertz CT molecular complexity index is 454. The highest BCUT2D eigenvalue weighted by molar-refractivity contribution is 7.98. The van der Waals surface area contributed by atoms with E-state index in [0.29, 0.717) is 0 Å². The minimum atomic E-state index is 0.926. The molecule has 1 N–H and O–H groups in total. The van der Waals surface area contributed by atoms with Crippen LogP contribution in [0.4, 0.5) is 5.82 Å². The van der Waals surface area contributed by atoms with Crippen molar-refractivity contribution in [2.24, 2.45) is 0 Å². The van der Waals surface area contributed by atoms with E-state index in [1.54, 1.807) is 12.4 Å². The SMILES string of the molecule is CSCCCCCNc1nccn2nccc12. The molecule has 2 aromatic heterocycles. The van der Waals surface area contributed by atoms with Crippen molar-refractivity contribution in [1.82, 2.24) is 14.6 Å². The van der Waals surface area contributed by atoms with Crippen molar-refractivity contribution in [2.75, 3.05) is 23.9 Å².